The van der Waals surface area contributed by atoms with Crippen molar-refractivity contribution in [1.82, 2.24) is 24.6 Å². The highest BCUT2D eigenvalue weighted by molar-refractivity contribution is 7.89. The van der Waals surface area contributed by atoms with Crippen LogP contribution in [-0.4, -0.2) is 59.1 Å². The summed E-state index contributed by atoms with van der Waals surface area (Å²) in [6.07, 6.45) is 10.0. The van der Waals surface area contributed by atoms with Crippen molar-refractivity contribution in [2.75, 3.05) is 18.4 Å². The molecule has 0 aliphatic carbocycles. The third kappa shape index (κ3) is 7.30. The highest BCUT2D eigenvalue weighted by Crippen LogP contribution is 2.22. The zero-order valence-electron chi connectivity index (χ0n) is 23.3. The first kappa shape index (κ1) is 28.3. The lowest BCUT2D eigenvalue weighted by molar-refractivity contribution is 0.0203. The van der Waals surface area contributed by atoms with E-state index in [0.29, 0.717) is 37.6 Å². The number of rotatable bonds is 7. The van der Waals surface area contributed by atoms with Crippen LogP contribution in [0.1, 0.15) is 44.7 Å². The number of piperidine rings is 1. The number of carbonyl (C=O) groups excluding carboxylic acids is 1. The Morgan fingerprint density at radius 2 is 1.73 bits per heavy atom. The monoisotopic (exact) mass is 574 g/mol. The van der Waals surface area contributed by atoms with Gasteiger partial charge in [0, 0.05) is 59.9 Å². The van der Waals surface area contributed by atoms with E-state index in [9.17, 15) is 13.2 Å². The molecule has 0 saturated carbocycles. The minimum atomic E-state index is -3.71. The molecule has 2 aromatic heterocycles. The minimum Gasteiger partial charge on any atom is -0.444 e. The van der Waals surface area contributed by atoms with Gasteiger partial charge in [0.15, 0.2) is 0 Å². The van der Waals surface area contributed by atoms with Gasteiger partial charge in [-0.2, -0.15) is 0 Å². The van der Waals surface area contributed by atoms with Gasteiger partial charge in [-0.05, 0) is 75.6 Å². The van der Waals surface area contributed by atoms with Crippen LogP contribution in [0.25, 0.3) is 23.1 Å². The second kappa shape index (κ2) is 11.7. The molecule has 0 atom stereocenters. The molecule has 0 radical (unpaired) electrons. The van der Waals surface area contributed by atoms with Crippen molar-refractivity contribution in [2.45, 2.75) is 50.2 Å². The van der Waals surface area contributed by atoms with Gasteiger partial charge < -0.3 is 19.9 Å². The average Bonchev–Trinajstić information content (AvgIpc) is 3.42. The SMILES string of the molecule is CC(C)(C)OC(=O)N1CCC(NS(=O)(=O)c2ccc(Nc3ncc(/C=C/c4cccc5[nH]ccc45)cn3)cc2)CC1. The van der Waals surface area contributed by atoms with Crippen molar-refractivity contribution in [2.24, 2.45) is 0 Å². The number of ether oxygens (including phenoxy) is 1. The largest absolute Gasteiger partial charge is 0.444 e. The van der Waals surface area contributed by atoms with Gasteiger partial charge in [0.05, 0.1) is 4.90 Å². The number of fused-ring (bicyclic) bond motifs is 1. The third-order valence-corrected chi connectivity index (χ3v) is 8.18. The normalized spacial score (nSPS) is 15.0. The number of aromatic nitrogens is 3. The van der Waals surface area contributed by atoms with Crippen LogP contribution < -0.4 is 10.0 Å². The lowest BCUT2D eigenvalue weighted by atomic mass is 10.1. The summed E-state index contributed by atoms with van der Waals surface area (Å²) in [6.45, 7) is 6.33. The molecule has 2 aromatic carbocycles. The summed E-state index contributed by atoms with van der Waals surface area (Å²) in [5, 5.41) is 4.25. The maximum atomic E-state index is 13.0. The number of nitrogens with zero attached hydrogens (tertiary/aromatic N) is 3. The number of anilines is 2. The molecule has 10 nitrogen and oxygen atoms in total. The van der Waals surface area contributed by atoms with Gasteiger partial charge in [-0.25, -0.2) is 27.9 Å². The van der Waals surface area contributed by atoms with Crippen molar-refractivity contribution in [3.8, 4) is 0 Å². The summed E-state index contributed by atoms with van der Waals surface area (Å²) < 4.78 is 34.1. The lowest BCUT2D eigenvalue weighted by Crippen LogP contribution is -2.47. The molecule has 1 aliphatic rings. The van der Waals surface area contributed by atoms with E-state index in [1.54, 1.807) is 41.6 Å². The minimum absolute atomic E-state index is 0.163. The number of benzene rings is 2. The summed E-state index contributed by atoms with van der Waals surface area (Å²) in [5.74, 6) is 0.403. The molecule has 1 fully saturated rings. The molecular formula is C30H34N6O4S. The Morgan fingerprint density at radius 3 is 2.41 bits per heavy atom. The molecular weight excluding hydrogens is 540 g/mol. The Kier molecular flexibility index (Phi) is 8.09. The average molecular weight is 575 g/mol. The van der Waals surface area contributed by atoms with E-state index in [2.05, 4.69) is 31.1 Å². The fourth-order valence-corrected chi connectivity index (χ4v) is 5.88. The van der Waals surface area contributed by atoms with Crippen LogP contribution >= 0.6 is 0 Å². The first-order valence-corrected chi connectivity index (χ1v) is 15.0. The number of nitrogens with one attached hydrogen (secondary N) is 3. The summed E-state index contributed by atoms with van der Waals surface area (Å²) in [4.78, 5) is 26.0. The third-order valence-electron chi connectivity index (χ3n) is 6.65. The van der Waals surface area contributed by atoms with Crippen LogP contribution in [0.5, 0.6) is 0 Å². The molecule has 41 heavy (non-hydrogen) atoms. The molecule has 0 unspecified atom stereocenters. The zero-order valence-corrected chi connectivity index (χ0v) is 24.1. The fourth-order valence-electron chi connectivity index (χ4n) is 4.57. The Bertz CT molecular complexity index is 1630. The van der Waals surface area contributed by atoms with Gasteiger partial charge >= 0.3 is 6.09 Å². The Labute approximate surface area is 239 Å². The fraction of sp³-hybridized carbons (Fsp3) is 0.300. The van der Waals surface area contributed by atoms with Gasteiger partial charge in [0.1, 0.15) is 5.60 Å². The van der Waals surface area contributed by atoms with Crippen LogP contribution in [-0.2, 0) is 14.8 Å². The maximum absolute atomic E-state index is 13.0. The first-order chi connectivity index (χ1) is 19.6. The molecule has 4 aromatic rings. The first-order valence-electron chi connectivity index (χ1n) is 13.5. The Morgan fingerprint density at radius 1 is 1.02 bits per heavy atom. The van der Waals surface area contributed by atoms with Crippen molar-refractivity contribution < 1.29 is 17.9 Å². The molecule has 1 amide bonds. The number of likely N-dealkylation sites (tertiary alicyclic amines) is 1. The van der Waals surface area contributed by atoms with Crippen molar-refractivity contribution in [3.63, 3.8) is 0 Å². The smallest absolute Gasteiger partial charge is 0.410 e. The van der Waals surface area contributed by atoms with E-state index in [4.69, 9.17) is 4.74 Å². The second-order valence-corrected chi connectivity index (χ2v) is 12.7. The van der Waals surface area contributed by atoms with E-state index in [-0.39, 0.29) is 17.0 Å². The number of H-pyrrole nitrogens is 1. The number of carbonyl (C=O) groups is 1. The van der Waals surface area contributed by atoms with Crippen LogP contribution in [0.2, 0.25) is 0 Å². The molecule has 1 aliphatic heterocycles. The van der Waals surface area contributed by atoms with E-state index >= 15 is 0 Å². The number of hydrogen-bond donors (Lipinski definition) is 3. The second-order valence-electron chi connectivity index (χ2n) is 11.0. The van der Waals surface area contributed by atoms with Crippen LogP contribution in [0.3, 0.4) is 0 Å². The van der Waals surface area contributed by atoms with E-state index < -0.39 is 15.6 Å². The highest BCUT2D eigenvalue weighted by Gasteiger charge is 2.29. The molecule has 5 rings (SSSR count). The Balaban J connectivity index is 1.14. The van der Waals surface area contributed by atoms with Gasteiger partial charge in [-0.3, -0.25) is 0 Å². The predicted octanol–water partition coefficient (Wildman–Crippen LogP) is 5.55. The summed E-state index contributed by atoms with van der Waals surface area (Å²) in [5.41, 5.74) is 3.13. The van der Waals surface area contributed by atoms with Gasteiger partial charge in [0.25, 0.3) is 0 Å². The molecule has 0 bridgehead atoms. The van der Waals surface area contributed by atoms with Crippen LogP contribution in [0.4, 0.5) is 16.4 Å². The maximum Gasteiger partial charge on any atom is 0.410 e. The van der Waals surface area contributed by atoms with Crippen molar-refractivity contribution >= 4 is 50.8 Å². The standard InChI is InChI=1S/C30H34N6O4S/c1-30(2,3)40-29(37)36-17-14-24(15-18-36)35-41(38,39)25-11-9-23(10-12-25)34-28-32-19-21(20-33-28)7-8-22-5-4-6-27-26(22)13-16-31-27/h4-13,16,19-20,24,31,35H,14-15,17-18H2,1-3H3,(H,32,33,34)/b8-7+. The van der Waals surface area contributed by atoms with Crippen molar-refractivity contribution in [1.29, 1.82) is 0 Å². The summed E-state index contributed by atoms with van der Waals surface area (Å²) >= 11 is 0. The Hall–Kier alpha value is -4.22. The molecule has 3 N–H and O–H groups in total. The van der Waals surface area contributed by atoms with Gasteiger partial charge in [-0.15, -0.1) is 0 Å². The predicted molar refractivity (Wildman–Crippen MR) is 160 cm³/mol. The summed E-state index contributed by atoms with van der Waals surface area (Å²) in [6, 6.07) is 14.3. The number of hydrogen-bond acceptors (Lipinski definition) is 7. The molecule has 214 valence electrons. The topological polar surface area (TPSA) is 129 Å². The van der Waals surface area contributed by atoms with E-state index in [1.165, 1.54) is 0 Å². The van der Waals surface area contributed by atoms with Crippen LogP contribution in [0.15, 0.2) is 72.0 Å². The van der Waals surface area contributed by atoms with Crippen molar-refractivity contribution in [3.05, 3.63) is 78.2 Å². The quantitative estimate of drug-likeness (QED) is 0.264. The molecule has 0 spiro atoms. The summed E-state index contributed by atoms with van der Waals surface area (Å²) in [7, 11) is -3.71. The van der Waals surface area contributed by atoms with Crippen LogP contribution in [0, 0.1) is 0 Å². The zero-order chi connectivity index (χ0) is 29.0. The molecule has 1 saturated heterocycles. The van der Waals surface area contributed by atoms with Gasteiger partial charge in [0.2, 0.25) is 16.0 Å². The van der Waals surface area contributed by atoms with E-state index in [0.717, 1.165) is 22.0 Å². The molecule has 3 heterocycles. The van der Waals surface area contributed by atoms with E-state index in [1.807, 2.05) is 57.3 Å². The highest BCUT2D eigenvalue weighted by atomic mass is 32.2. The van der Waals surface area contributed by atoms with Gasteiger partial charge in [-0.1, -0.05) is 24.3 Å². The number of aromatic amines is 1. The number of sulfonamides is 1. The molecule has 11 heteroatoms. The number of amides is 1. The lowest BCUT2D eigenvalue weighted by Gasteiger charge is -2.33.